The molecule has 1 aromatic heterocycles. The summed E-state index contributed by atoms with van der Waals surface area (Å²) in [5.41, 5.74) is 2.10. The van der Waals surface area contributed by atoms with E-state index in [1.807, 2.05) is 12.1 Å². The van der Waals surface area contributed by atoms with E-state index in [9.17, 15) is 4.79 Å². The minimum absolute atomic E-state index is 0.804. The largest absolute Gasteiger partial charge is 0.298 e. The molecule has 0 saturated carbocycles. The maximum atomic E-state index is 10.7. The predicted molar refractivity (Wildman–Crippen MR) is 56.7 cm³/mol. The second kappa shape index (κ2) is 2.96. The van der Waals surface area contributed by atoms with Crippen molar-refractivity contribution in [3.63, 3.8) is 0 Å². The molecule has 0 bridgehead atoms. The summed E-state index contributed by atoms with van der Waals surface area (Å²) < 4.78 is 1.12. The maximum absolute atomic E-state index is 10.7. The summed E-state index contributed by atoms with van der Waals surface area (Å²) in [6, 6.07) is 5.87. The van der Waals surface area contributed by atoms with E-state index in [0.717, 1.165) is 16.5 Å². The normalized spacial score (nSPS) is 10.6. The Hall–Kier alpha value is -1.15. The standard InChI is InChI=1S/C11H10OS/c1-7-8(2)13-11-9(6-12)4-3-5-10(7)11/h3-6H,1-2H3. The van der Waals surface area contributed by atoms with Gasteiger partial charge in [-0.05, 0) is 24.8 Å². The molecule has 0 aliphatic heterocycles. The van der Waals surface area contributed by atoms with E-state index in [4.69, 9.17) is 0 Å². The van der Waals surface area contributed by atoms with Crippen molar-refractivity contribution >= 4 is 27.7 Å². The average molecular weight is 190 g/mol. The van der Waals surface area contributed by atoms with Crippen molar-refractivity contribution in [3.8, 4) is 0 Å². The first-order chi connectivity index (χ1) is 6.24. The molecule has 1 nitrogen and oxygen atoms in total. The summed E-state index contributed by atoms with van der Waals surface area (Å²) in [6.07, 6.45) is 0.928. The van der Waals surface area contributed by atoms with Crippen LogP contribution in [0, 0.1) is 13.8 Å². The van der Waals surface area contributed by atoms with Crippen LogP contribution in [0.3, 0.4) is 0 Å². The number of aldehydes is 1. The van der Waals surface area contributed by atoms with Crippen molar-refractivity contribution < 1.29 is 4.79 Å². The van der Waals surface area contributed by atoms with Crippen LogP contribution in [0.15, 0.2) is 18.2 Å². The summed E-state index contributed by atoms with van der Waals surface area (Å²) in [7, 11) is 0. The monoisotopic (exact) mass is 190 g/mol. The quantitative estimate of drug-likeness (QED) is 0.630. The molecule has 0 N–H and O–H groups in total. The van der Waals surface area contributed by atoms with Crippen molar-refractivity contribution in [2.45, 2.75) is 13.8 Å². The fraction of sp³-hybridized carbons (Fsp3) is 0.182. The first kappa shape index (κ1) is 8.45. The molecule has 0 unspecified atom stereocenters. The fourth-order valence-electron chi connectivity index (χ4n) is 1.48. The van der Waals surface area contributed by atoms with Gasteiger partial charge in [-0.25, -0.2) is 0 Å². The fourth-order valence-corrected chi connectivity index (χ4v) is 2.61. The van der Waals surface area contributed by atoms with Crippen LogP contribution >= 0.6 is 11.3 Å². The van der Waals surface area contributed by atoms with Crippen LogP contribution in [0.1, 0.15) is 20.8 Å². The zero-order valence-electron chi connectivity index (χ0n) is 7.63. The Balaban J connectivity index is 2.92. The van der Waals surface area contributed by atoms with Crippen LogP contribution in [-0.4, -0.2) is 6.29 Å². The number of fused-ring (bicyclic) bond motifs is 1. The lowest BCUT2D eigenvalue weighted by Gasteiger charge is -1.93. The third-order valence-corrected chi connectivity index (χ3v) is 3.63. The van der Waals surface area contributed by atoms with Crippen molar-refractivity contribution in [1.29, 1.82) is 0 Å². The summed E-state index contributed by atoms with van der Waals surface area (Å²) in [6.45, 7) is 4.19. The van der Waals surface area contributed by atoms with Gasteiger partial charge in [0, 0.05) is 15.1 Å². The summed E-state index contributed by atoms with van der Waals surface area (Å²) in [5.74, 6) is 0. The zero-order valence-corrected chi connectivity index (χ0v) is 8.44. The highest BCUT2D eigenvalue weighted by atomic mass is 32.1. The molecule has 0 aliphatic rings. The Kier molecular flexibility index (Phi) is 1.93. The maximum Gasteiger partial charge on any atom is 0.151 e. The molecule has 2 heteroatoms. The van der Waals surface area contributed by atoms with Gasteiger partial charge < -0.3 is 0 Å². The third kappa shape index (κ3) is 1.18. The van der Waals surface area contributed by atoms with Crippen LogP contribution in [0.2, 0.25) is 0 Å². The predicted octanol–water partition coefficient (Wildman–Crippen LogP) is 3.33. The molecule has 1 aromatic carbocycles. The molecule has 1 heterocycles. The van der Waals surface area contributed by atoms with Gasteiger partial charge in [-0.2, -0.15) is 0 Å². The van der Waals surface area contributed by atoms with Crippen molar-refractivity contribution in [1.82, 2.24) is 0 Å². The Morgan fingerprint density at radius 1 is 1.31 bits per heavy atom. The molecule has 0 fully saturated rings. The number of rotatable bonds is 1. The first-order valence-corrected chi connectivity index (χ1v) is 4.99. The number of carbonyl (C=O) groups excluding carboxylic acids is 1. The lowest BCUT2D eigenvalue weighted by atomic mass is 10.1. The van der Waals surface area contributed by atoms with E-state index in [-0.39, 0.29) is 0 Å². The van der Waals surface area contributed by atoms with Crippen LogP contribution < -0.4 is 0 Å². The van der Waals surface area contributed by atoms with Gasteiger partial charge in [0.05, 0.1) is 0 Å². The van der Waals surface area contributed by atoms with Crippen LogP contribution in [0.25, 0.3) is 10.1 Å². The molecule has 0 amide bonds. The molecule has 0 aliphatic carbocycles. The van der Waals surface area contributed by atoms with Gasteiger partial charge in [-0.1, -0.05) is 18.2 Å². The van der Waals surface area contributed by atoms with Crippen LogP contribution in [0.4, 0.5) is 0 Å². The summed E-state index contributed by atoms with van der Waals surface area (Å²) >= 11 is 1.70. The van der Waals surface area contributed by atoms with E-state index in [1.54, 1.807) is 11.3 Å². The number of carbonyl (C=O) groups is 1. The van der Waals surface area contributed by atoms with Crippen molar-refractivity contribution in [3.05, 3.63) is 34.2 Å². The lowest BCUT2D eigenvalue weighted by Crippen LogP contribution is -1.78. The summed E-state index contributed by atoms with van der Waals surface area (Å²) in [5, 5.41) is 1.21. The highest BCUT2D eigenvalue weighted by Gasteiger charge is 2.07. The summed E-state index contributed by atoms with van der Waals surface area (Å²) in [4.78, 5) is 12.0. The highest BCUT2D eigenvalue weighted by Crippen LogP contribution is 2.31. The number of aryl methyl sites for hydroxylation is 2. The van der Waals surface area contributed by atoms with E-state index < -0.39 is 0 Å². The Morgan fingerprint density at radius 2 is 2.08 bits per heavy atom. The van der Waals surface area contributed by atoms with Crippen LogP contribution in [-0.2, 0) is 0 Å². The number of thiophene rings is 1. The Bertz CT molecular complexity index is 468. The van der Waals surface area contributed by atoms with E-state index in [0.29, 0.717) is 0 Å². The van der Waals surface area contributed by atoms with Gasteiger partial charge in [0.1, 0.15) is 0 Å². The molecule has 66 valence electrons. The Labute approximate surface area is 81.0 Å². The minimum Gasteiger partial charge on any atom is -0.298 e. The van der Waals surface area contributed by atoms with Gasteiger partial charge in [0.2, 0.25) is 0 Å². The lowest BCUT2D eigenvalue weighted by molar-refractivity contribution is 0.112. The number of hydrogen-bond donors (Lipinski definition) is 0. The number of benzene rings is 1. The van der Waals surface area contributed by atoms with E-state index in [1.165, 1.54) is 15.8 Å². The molecular weight excluding hydrogens is 180 g/mol. The first-order valence-electron chi connectivity index (χ1n) is 4.18. The zero-order chi connectivity index (χ0) is 9.42. The third-order valence-electron chi connectivity index (χ3n) is 2.36. The Morgan fingerprint density at radius 3 is 2.77 bits per heavy atom. The molecule has 0 radical (unpaired) electrons. The van der Waals surface area contributed by atoms with Crippen LogP contribution in [0.5, 0.6) is 0 Å². The van der Waals surface area contributed by atoms with Gasteiger partial charge >= 0.3 is 0 Å². The van der Waals surface area contributed by atoms with E-state index in [2.05, 4.69) is 19.9 Å². The van der Waals surface area contributed by atoms with E-state index >= 15 is 0 Å². The van der Waals surface area contributed by atoms with Crippen molar-refractivity contribution in [2.24, 2.45) is 0 Å². The molecule has 0 saturated heterocycles. The topological polar surface area (TPSA) is 17.1 Å². The molecule has 2 aromatic rings. The van der Waals surface area contributed by atoms with Gasteiger partial charge in [0.25, 0.3) is 0 Å². The average Bonchev–Trinajstić information content (AvgIpc) is 2.43. The van der Waals surface area contributed by atoms with Crippen molar-refractivity contribution in [2.75, 3.05) is 0 Å². The minimum atomic E-state index is 0.804. The van der Waals surface area contributed by atoms with Gasteiger partial charge in [0.15, 0.2) is 6.29 Å². The molecular formula is C11H10OS. The molecule has 13 heavy (non-hydrogen) atoms. The van der Waals surface area contributed by atoms with Gasteiger partial charge in [-0.15, -0.1) is 11.3 Å². The number of hydrogen-bond acceptors (Lipinski definition) is 2. The highest BCUT2D eigenvalue weighted by molar-refractivity contribution is 7.19. The molecule has 0 atom stereocenters. The molecule has 0 spiro atoms. The molecule has 2 rings (SSSR count). The van der Waals surface area contributed by atoms with Gasteiger partial charge in [-0.3, -0.25) is 4.79 Å². The second-order valence-electron chi connectivity index (χ2n) is 3.13. The second-order valence-corrected chi connectivity index (χ2v) is 4.35. The smallest absolute Gasteiger partial charge is 0.151 e. The SMILES string of the molecule is Cc1sc2c(C=O)cccc2c1C.